The van der Waals surface area contributed by atoms with Crippen molar-refractivity contribution in [1.82, 2.24) is 35.3 Å². The molecule has 0 bridgehead atoms. The number of aromatic nitrogens is 2. The van der Waals surface area contributed by atoms with Crippen LogP contribution in [0, 0.1) is 0 Å². The maximum Gasteiger partial charge on any atom is 0.410 e. The highest BCUT2D eigenvalue weighted by Crippen LogP contribution is 2.20. The van der Waals surface area contributed by atoms with Crippen LogP contribution in [0.2, 0.25) is 0 Å². The number of hydrogen-bond donors (Lipinski definition) is 2. The van der Waals surface area contributed by atoms with Gasteiger partial charge in [-0.1, -0.05) is 74.5 Å². The molecule has 2 aromatic carbocycles. The fraction of sp³-hybridized carbons (Fsp3) is 0.462. The summed E-state index contributed by atoms with van der Waals surface area (Å²) >= 11 is 3.02. The SMILES string of the molecule is CC(C)c1nc(CN(C)C(=O)N[C@@H](CCN2CCOCC2)C(=O)N[C@H](CCN(Cc2ccccc2)C(=O)OCc2cncs2)Cc2ccccc2)cs1. The zero-order valence-corrected chi connectivity index (χ0v) is 32.4. The van der Waals surface area contributed by atoms with Crippen LogP contribution in [0.15, 0.2) is 77.8 Å². The van der Waals surface area contributed by atoms with Crippen molar-refractivity contribution in [2.75, 3.05) is 46.4 Å². The standard InChI is InChI=1S/C39H51N7O5S2/c1-29(2)37-42-33(27-52-37)25-44(3)38(48)43-35(15-16-45-18-20-50-21-19-45)36(47)41-32(22-30-10-6-4-7-11-30)14-17-46(24-31-12-8-5-9-13-31)39(49)51-26-34-23-40-28-53-34/h4-13,23,27-29,32,35H,14-22,24-26H2,1-3H3,(H,41,47)(H,43,48)/t32-,35+/m1/s1. The molecule has 4 amide bonds. The first-order valence-corrected chi connectivity index (χ1v) is 19.9. The molecule has 14 heteroatoms. The van der Waals surface area contributed by atoms with E-state index in [1.54, 1.807) is 39.9 Å². The van der Waals surface area contributed by atoms with Crippen LogP contribution in [0.1, 0.15) is 59.3 Å². The molecule has 5 rings (SSSR count). The van der Waals surface area contributed by atoms with E-state index in [0.29, 0.717) is 64.6 Å². The van der Waals surface area contributed by atoms with E-state index in [1.165, 1.54) is 11.3 Å². The minimum absolute atomic E-state index is 0.138. The second-order valence-electron chi connectivity index (χ2n) is 13.5. The number of ether oxygens (including phenoxy) is 2. The first kappa shape index (κ1) is 39.8. The van der Waals surface area contributed by atoms with Gasteiger partial charge in [-0.05, 0) is 30.4 Å². The van der Waals surface area contributed by atoms with E-state index in [9.17, 15) is 14.4 Å². The van der Waals surface area contributed by atoms with E-state index in [4.69, 9.17) is 9.47 Å². The van der Waals surface area contributed by atoms with Crippen LogP contribution >= 0.6 is 22.7 Å². The fourth-order valence-corrected chi connectivity index (χ4v) is 7.29. The monoisotopic (exact) mass is 761 g/mol. The molecule has 1 fully saturated rings. The lowest BCUT2D eigenvalue weighted by molar-refractivity contribution is -0.124. The molecular weight excluding hydrogens is 711 g/mol. The molecule has 1 saturated heterocycles. The predicted molar refractivity (Wildman–Crippen MR) is 208 cm³/mol. The Morgan fingerprint density at radius 3 is 2.32 bits per heavy atom. The Kier molecular flexibility index (Phi) is 15.6. The summed E-state index contributed by atoms with van der Waals surface area (Å²) in [5, 5.41) is 9.29. The van der Waals surface area contributed by atoms with E-state index >= 15 is 0 Å². The van der Waals surface area contributed by atoms with Crippen LogP contribution in [0.3, 0.4) is 0 Å². The lowest BCUT2D eigenvalue weighted by Crippen LogP contribution is -2.54. The molecule has 0 aliphatic carbocycles. The number of nitrogens with zero attached hydrogens (tertiary/aromatic N) is 5. The zero-order valence-electron chi connectivity index (χ0n) is 30.8. The number of hydrogen-bond acceptors (Lipinski definition) is 10. The number of carbonyl (C=O) groups is 3. The Hall–Kier alpha value is -4.37. The quantitative estimate of drug-likeness (QED) is 0.128. The third kappa shape index (κ3) is 13.2. The van der Waals surface area contributed by atoms with Gasteiger partial charge >= 0.3 is 12.1 Å². The van der Waals surface area contributed by atoms with Gasteiger partial charge in [0.2, 0.25) is 5.91 Å². The second-order valence-corrected chi connectivity index (χ2v) is 15.4. The Balaban J connectivity index is 1.29. The molecule has 12 nitrogen and oxygen atoms in total. The van der Waals surface area contributed by atoms with Crippen molar-refractivity contribution >= 4 is 40.7 Å². The Morgan fingerprint density at radius 1 is 0.943 bits per heavy atom. The smallest absolute Gasteiger partial charge is 0.410 e. The topological polar surface area (TPSA) is 129 Å². The van der Waals surface area contributed by atoms with Crippen molar-refractivity contribution in [2.24, 2.45) is 0 Å². The van der Waals surface area contributed by atoms with Gasteiger partial charge in [0.15, 0.2) is 0 Å². The van der Waals surface area contributed by atoms with Gasteiger partial charge in [0.25, 0.3) is 0 Å². The second kappa shape index (κ2) is 20.8. The molecule has 0 spiro atoms. The predicted octanol–water partition coefficient (Wildman–Crippen LogP) is 5.91. The van der Waals surface area contributed by atoms with E-state index in [2.05, 4.69) is 39.3 Å². The van der Waals surface area contributed by atoms with Crippen molar-refractivity contribution in [3.05, 3.63) is 104 Å². The van der Waals surface area contributed by atoms with Gasteiger partial charge in [0.1, 0.15) is 12.6 Å². The molecule has 2 aromatic heterocycles. The van der Waals surface area contributed by atoms with E-state index in [-0.39, 0.29) is 24.6 Å². The summed E-state index contributed by atoms with van der Waals surface area (Å²) in [6, 6.07) is 18.3. The van der Waals surface area contributed by atoms with Gasteiger partial charge in [-0.3, -0.25) is 14.7 Å². The maximum atomic E-state index is 14.2. The third-order valence-electron chi connectivity index (χ3n) is 8.98. The average molecular weight is 762 g/mol. The lowest BCUT2D eigenvalue weighted by Gasteiger charge is -2.30. The lowest BCUT2D eigenvalue weighted by atomic mass is 10.0. The van der Waals surface area contributed by atoms with Crippen LogP contribution < -0.4 is 10.6 Å². The molecule has 0 unspecified atom stereocenters. The van der Waals surface area contributed by atoms with Gasteiger partial charge in [-0.15, -0.1) is 22.7 Å². The average Bonchev–Trinajstić information content (AvgIpc) is 3.88. The molecule has 2 N–H and O–H groups in total. The number of benzene rings is 2. The summed E-state index contributed by atoms with van der Waals surface area (Å²) in [7, 11) is 1.72. The Morgan fingerprint density at radius 2 is 1.66 bits per heavy atom. The summed E-state index contributed by atoms with van der Waals surface area (Å²) in [6.45, 7) is 8.83. The van der Waals surface area contributed by atoms with Crippen molar-refractivity contribution in [2.45, 2.75) is 70.8 Å². The van der Waals surface area contributed by atoms with Gasteiger partial charge in [-0.25, -0.2) is 14.6 Å². The number of rotatable bonds is 18. The highest BCUT2D eigenvalue weighted by atomic mass is 32.1. The van der Waals surface area contributed by atoms with Crippen molar-refractivity contribution in [3.8, 4) is 0 Å². The van der Waals surface area contributed by atoms with E-state index < -0.39 is 12.1 Å². The summed E-state index contributed by atoms with van der Waals surface area (Å²) in [6.07, 6.45) is 2.70. The Labute approximate surface area is 320 Å². The molecule has 3 heterocycles. The third-order valence-corrected chi connectivity index (χ3v) is 10.9. The first-order valence-electron chi connectivity index (χ1n) is 18.2. The molecule has 0 saturated carbocycles. The van der Waals surface area contributed by atoms with Crippen molar-refractivity contribution < 1.29 is 23.9 Å². The van der Waals surface area contributed by atoms with Crippen molar-refractivity contribution in [1.29, 1.82) is 0 Å². The number of urea groups is 1. The number of carbonyl (C=O) groups excluding carboxylic acids is 3. The largest absolute Gasteiger partial charge is 0.444 e. The van der Waals surface area contributed by atoms with Crippen LogP contribution in [0.25, 0.3) is 0 Å². The van der Waals surface area contributed by atoms with Crippen molar-refractivity contribution in [3.63, 3.8) is 0 Å². The molecule has 2 atom stereocenters. The minimum atomic E-state index is -0.780. The van der Waals surface area contributed by atoms with Gasteiger partial charge < -0.3 is 29.9 Å². The molecule has 0 radical (unpaired) electrons. The number of thiazole rings is 2. The van der Waals surface area contributed by atoms with Crippen LogP contribution in [-0.2, 0) is 40.4 Å². The highest BCUT2D eigenvalue weighted by molar-refractivity contribution is 7.09. The molecule has 1 aliphatic heterocycles. The number of amides is 4. The highest BCUT2D eigenvalue weighted by Gasteiger charge is 2.27. The molecule has 4 aromatic rings. The normalized spacial score (nSPS) is 14.3. The maximum absolute atomic E-state index is 14.2. The number of nitrogens with one attached hydrogen (secondary N) is 2. The number of morpholine rings is 1. The Bertz CT molecular complexity index is 1680. The zero-order chi connectivity index (χ0) is 37.4. The van der Waals surface area contributed by atoms with Crippen LogP contribution in [0.5, 0.6) is 0 Å². The summed E-state index contributed by atoms with van der Waals surface area (Å²) < 4.78 is 11.2. The molecule has 1 aliphatic rings. The van der Waals surface area contributed by atoms with Gasteiger partial charge in [-0.2, -0.15) is 0 Å². The summed E-state index contributed by atoms with van der Waals surface area (Å²) in [5.74, 6) is 0.0453. The first-order chi connectivity index (χ1) is 25.7. The molecule has 53 heavy (non-hydrogen) atoms. The fourth-order valence-electron chi connectivity index (χ4n) is 5.95. The van der Waals surface area contributed by atoms with Crippen LogP contribution in [-0.4, -0.2) is 101 Å². The molecule has 284 valence electrons. The summed E-state index contributed by atoms with van der Waals surface area (Å²) in [5.41, 5.74) is 4.55. The van der Waals surface area contributed by atoms with E-state index in [1.807, 2.05) is 66.0 Å². The van der Waals surface area contributed by atoms with Crippen LogP contribution in [0.4, 0.5) is 9.59 Å². The minimum Gasteiger partial charge on any atom is -0.444 e. The molecular formula is C39H51N7O5S2. The van der Waals surface area contributed by atoms with Gasteiger partial charge in [0.05, 0.1) is 40.8 Å². The summed E-state index contributed by atoms with van der Waals surface area (Å²) in [4.78, 5) is 56.3. The van der Waals surface area contributed by atoms with Gasteiger partial charge in [0, 0.05) is 63.3 Å². The van der Waals surface area contributed by atoms with E-state index in [0.717, 1.165) is 39.8 Å².